The first-order valence-corrected chi connectivity index (χ1v) is 6.00. The zero-order valence-electron chi connectivity index (χ0n) is 10.5. The van der Waals surface area contributed by atoms with Crippen LogP contribution >= 0.6 is 0 Å². The number of nitrogens with zero attached hydrogens (tertiary/aromatic N) is 1. The zero-order chi connectivity index (χ0) is 12.6. The van der Waals surface area contributed by atoms with Gasteiger partial charge in [0.1, 0.15) is 0 Å². The number of hydrogen-bond acceptors (Lipinski definition) is 2. The lowest BCUT2D eigenvalue weighted by Gasteiger charge is -2.26. The maximum Gasteiger partial charge on any atom is 0.303 e. The molecule has 1 amide bonds. The number of carbonyl (C=O) groups excluding carboxylic acids is 1. The van der Waals surface area contributed by atoms with E-state index in [4.69, 9.17) is 5.11 Å². The molecule has 0 aromatic carbocycles. The number of hydrogen-bond donors (Lipinski definition) is 1. The van der Waals surface area contributed by atoms with E-state index in [0.29, 0.717) is 25.3 Å². The second-order valence-electron chi connectivity index (χ2n) is 4.08. The van der Waals surface area contributed by atoms with Gasteiger partial charge in [-0.1, -0.05) is 13.8 Å². The van der Waals surface area contributed by atoms with E-state index in [1.807, 2.05) is 7.05 Å². The minimum Gasteiger partial charge on any atom is -0.481 e. The normalized spacial score (nSPS) is 10.5. The monoisotopic (exact) mass is 229 g/mol. The summed E-state index contributed by atoms with van der Waals surface area (Å²) < 4.78 is 0. The summed E-state index contributed by atoms with van der Waals surface area (Å²) >= 11 is 0. The topological polar surface area (TPSA) is 57.6 Å². The molecule has 0 aliphatic heterocycles. The van der Waals surface area contributed by atoms with Gasteiger partial charge < -0.3 is 10.0 Å². The van der Waals surface area contributed by atoms with Gasteiger partial charge in [-0.15, -0.1) is 0 Å². The predicted molar refractivity (Wildman–Crippen MR) is 63.2 cm³/mol. The van der Waals surface area contributed by atoms with Crippen molar-refractivity contribution in [1.29, 1.82) is 0 Å². The SMILES string of the molecule is CCC(CC)N(C)C(=O)CCCCC(=O)O. The fourth-order valence-electron chi connectivity index (χ4n) is 1.77. The molecule has 0 heterocycles. The van der Waals surface area contributed by atoms with Crippen LogP contribution in [-0.2, 0) is 9.59 Å². The molecule has 0 bridgehead atoms. The van der Waals surface area contributed by atoms with Gasteiger partial charge in [-0.25, -0.2) is 0 Å². The van der Waals surface area contributed by atoms with E-state index >= 15 is 0 Å². The number of rotatable bonds is 8. The van der Waals surface area contributed by atoms with Crippen LogP contribution < -0.4 is 0 Å². The van der Waals surface area contributed by atoms with E-state index in [-0.39, 0.29) is 12.3 Å². The van der Waals surface area contributed by atoms with Crippen molar-refractivity contribution in [2.45, 2.75) is 58.4 Å². The number of carbonyl (C=O) groups is 2. The van der Waals surface area contributed by atoms with Crippen LogP contribution in [0.3, 0.4) is 0 Å². The molecule has 0 saturated heterocycles. The predicted octanol–water partition coefficient (Wildman–Crippen LogP) is 2.28. The number of amides is 1. The minimum absolute atomic E-state index is 0.124. The molecule has 0 rings (SSSR count). The van der Waals surface area contributed by atoms with Gasteiger partial charge >= 0.3 is 5.97 Å². The smallest absolute Gasteiger partial charge is 0.303 e. The van der Waals surface area contributed by atoms with Crippen molar-refractivity contribution in [2.24, 2.45) is 0 Å². The van der Waals surface area contributed by atoms with Crippen LogP contribution in [0.25, 0.3) is 0 Å². The Morgan fingerprint density at radius 2 is 1.62 bits per heavy atom. The Labute approximate surface area is 97.6 Å². The number of aliphatic carboxylic acids is 1. The average Bonchev–Trinajstić information content (AvgIpc) is 2.25. The second-order valence-corrected chi connectivity index (χ2v) is 4.08. The van der Waals surface area contributed by atoms with Crippen LogP contribution in [0.4, 0.5) is 0 Å². The molecule has 94 valence electrons. The molecule has 0 fully saturated rings. The molecule has 0 aliphatic rings. The Hall–Kier alpha value is -1.06. The largest absolute Gasteiger partial charge is 0.481 e. The Morgan fingerprint density at radius 3 is 2.06 bits per heavy atom. The molecule has 0 unspecified atom stereocenters. The number of unbranched alkanes of at least 4 members (excludes halogenated alkanes) is 1. The van der Waals surface area contributed by atoms with E-state index in [1.54, 1.807) is 4.90 Å². The molecule has 0 aromatic rings. The standard InChI is InChI=1S/C12H23NO3/c1-4-10(5-2)13(3)11(14)8-6-7-9-12(15)16/h10H,4-9H2,1-3H3,(H,15,16). The quantitative estimate of drug-likeness (QED) is 0.650. The van der Waals surface area contributed by atoms with Crippen molar-refractivity contribution in [3.63, 3.8) is 0 Å². The fraction of sp³-hybridized carbons (Fsp3) is 0.833. The third kappa shape index (κ3) is 5.73. The first-order valence-electron chi connectivity index (χ1n) is 6.00. The van der Waals surface area contributed by atoms with Crippen LogP contribution in [-0.4, -0.2) is 35.0 Å². The Morgan fingerprint density at radius 1 is 1.12 bits per heavy atom. The maximum absolute atomic E-state index is 11.7. The molecular formula is C12H23NO3. The van der Waals surface area contributed by atoms with Gasteiger partial charge in [-0.2, -0.15) is 0 Å². The summed E-state index contributed by atoms with van der Waals surface area (Å²) in [6.45, 7) is 4.14. The minimum atomic E-state index is -0.791. The van der Waals surface area contributed by atoms with Crippen molar-refractivity contribution in [1.82, 2.24) is 4.90 Å². The zero-order valence-corrected chi connectivity index (χ0v) is 10.5. The Kier molecular flexibility index (Phi) is 7.60. The van der Waals surface area contributed by atoms with Crippen molar-refractivity contribution < 1.29 is 14.7 Å². The highest BCUT2D eigenvalue weighted by Crippen LogP contribution is 2.10. The highest BCUT2D eigenvalue weighted by Gasteiger charge is 2.15. The summed E-state index contributed by atoms with van der Waals surface area (Å²) in [4.78, 5) is 23.8. The maximum atomic E-state index is 11.7. The first kappa shape index (κ1) is 14.9. The highest BCUT2D eigenvalue weighted by atomic mass is 16.4. The van der Waals surface area contributed by atoms with Crippen LogP contribution in [0.2, 0.25) is 0 Å². The third-order valence-electron chi connectivity index (χ3n) is 2.91. The molecule has 0 atom stereocenters. The van der Waals surface area contributed by atoms with Crippen molar-refractivity contribution in [2.75, 3.05) is 7.05 Å². The van der Waals surface area contributed by atoms with Crippen LogP contribution in [0.1, 0.15) is 52.4 Å². The van der Waals surface area contributed by atoms with Crippen molar-refractivity contribution in [3.8, 4) is 0 Å². The summed E-state index contributed by atoms with van der Waals surface area (Å²) in [6, 6.07) is 0.312. The summed E-state index contributed by atoms with van der Waals surface area (Å²) in [6.07, 6.45) is 3.79. The molecule has 4 heteroatoms. The van der Waals surface area contributed by atoms with Crippen LogP contribution in [0.5, 0.6) is 0 Å². The van der Waals surface area contributed by atoms with Crippen LogP contribution in [0.15, 0.2) is 0 Å². The molecule has 0 spiro atoms. The van der Waals surface area contributed by atoms with E-state index in [1.165, 1.54) is 0 Å². The molecule has 4 nitrogen and oxygen atoms in total. The van der Waals surface area contributed by atoms with Crippen molar-refractivity contribution in [3.05, 3.63) is 0 Å². The van der Waals surface area contributed by atoms with E-state index in [0.717, 1.165) is 12.8 Å². The van der Waals surface area contributed by atoms with Gasteiger partial charge in [0, 0.05) is 25.9 Å². The summed E-state index contributed by atoms with van der Waals surface area (Å²) in [5.41, 5.74) is 0. The first-order chi connectivity index (χ1) is 7.52. The number of carboxylic acids is 1. The molecule has 0 aliphatic carbocycles. The van der Waals surface area contributed by atoms with Gasteiger partial charge in [-0.3, -0.25) is 9.59 Å². The third-order valence-corrected chi connectivity index (χ3v) is 2.91. The summed E-state index contributed by atoms with van der Waals surface area (Å²) in [7, 11) is 1.83. The average molecular weight is 229 g/mol. The van der Waals surface area contributed by atoms with Gasteiger partial charge in [0.25, 0.3) is 0 Å². The van der Waals surface area contributed by atoms with Gasteiger partial charge in [0.15, 0.2) is 0 Å². The molecule has 16 heavy (non-hydrogen) atoms. The summed E-state index contributed by atoms with van der Waals surface area (Å²) in [5.74, 6) is -0.667. The molecule has 0 aromatic heterocycles. The van der Waals surface area contributed by atoms with Gasteiger partial charge in [0.2, 0.25) is 5.91 Å². The molecule has 0 saturated carbocycles. The lowest BCUT2D eigenvalue weighted by molar-refractivity contribution is -0.137. The Balaban J connectivity index is 3.83. The van der Waals surface area contributed by atoms with E-state index in [2.05, 4.69) is 13.8 Å². The molecular weight excluding hydrogens is 206 g/mol. The van der Waals surface area contributed by atoms with E-state index in [9.17, 15) is 9.59 Å². The molecule has 1 N–H and O–H groups in total. The van der Waals surface area contributed by atoms with Crippen molar-refractivity contribution >= 4 is 11.9 Å². The Bertz CT molecular complexity index is 224. The molecule has 0 radical (unpaired) electrons. The van der Waals surface area contributed by atoms with Gasteiger partial charge in [0.05, 0.1) is 0 Å². The van der Waals surface area contributed by atoms with Gasteiger partial charge in [-0.05, 0) is 25.7 Å². The fourth-order valence-corrected chi connectivity index (χ4v) is 1.77. The van der Waals surface area contributed by atoms with E-state index < -0.39 is 5.97 Å². The highest BCUT2D eigenvalue weighted by molar-refractivity contribution is 5.76. The number of carboxylic acid groups (broad SMARTS) is 1. The lowest BCUT2D eigenvalue weighted by Crippen LogP contribution is -2.36. The second kappa shape index (κ2) is 8.13. The van der Waals surface area contributed by atoms with Crippen LogP contribution in [0, 0.1) is 0 Å². The lowest BCUT2D eigenvalue weighted by atomic mass is 10.1. The summed E-state index contributed by atoms with van der Waals surface area (Å²) in [5, 5.41) is 8.46.